The Balaban J connectivity index is 1.64. The van der Waals surface area contributed by atoms with Crippen molar-refractivity contribution in [2.45, 2.75) is 18.6 Å². The van der Waals surface area contributed by atoms with E-state index in [0.29, 0.717) is 11.0 Å². The topological polar surface area (TPSA) is 126 Å². The summed E-state index contributed by atoms with van der Waals surface area (Å²) in [6, 6.07) is 5.89. The molecule has 0 radical (unpaired) electrons. The molecule has 2 N–H and O–H groups in total. The van der Waals surface area contributed by atoms with Gasteiger partial charge >= 0.3 is 0 Å². The SMILES string of the molecule is CN(C)CC(=O)N[C@@H]1CS(=O)(=O)C[C@@H]1NC(=O)Cn1nc2ccccc2n1. The van der Waals surface area contributed by atoms with Crippen molar-refractivity contribution in [2.75, 3.05) is 32.1 Å². The van der Waals surface area contributed by atoms with Crippen LogP contribution in [0, 0.1) is 0 Å². The van der Waals surface area contributed by atoms with Gasteiger partial charge in [-0.3, -0.25) is 9.59 Å². The number of rotatable bonds is 6. The zero-order valence-electron chi connectivity index (χ0n) is 15.1. The Kier molecular flexibility index (Phi) is 5.42. The van der Waals surface area contributed by atoms with Gasteiger partial charge in [-0.2, -0.15) is 15.0 Å². The fourth-order valence-corrected chi connectivity index (χ4v) is 4.89. The summed E-state index contributed by atoms with van der Waals surface area (Å²) in [7, 11) is 0.144. The summed E-state index contributed by atoms with van der Waals surface area (Å²) in [5.41, 5.74) is 1.34. The van der Waals surface area contributed by atoms with E-state index in [2.05, 4.69) is 20.8 Å². The van der Waals surface area contributed by atoms with Gasteiger partial charge in [0.05, 0.1) is 30.1 Å². The molecule has 2 amide bonds. The van der Waals surface area contributed by atoms with Gasteiger partial charge in [-0.25, -0.2) is 8.42 Å². The molecule has 1 aromatic carbocycles. The molecule has 10 nitrogen and oxygen atoms in total. The highest BCUT2D eigenvalue weighted by atomic mass is 32.2. The van der Waals surface area contributed by atoms with Crippen molar-refractivity contribution >= 4 is 32.7 Å². The molecule has 3 rings (SSSR count). The van der Waals surface area contributed by atoms with E-state index in [9.17, 15) is 18.0 Å². The Morgan fingerprint density at radius 3 is 2.11 bits per heavy atom. The molecule has 2 atom stereocenters. The van der Waals surface area contributed by atoms with Crippen LogP contribution in [0.4, 0.5) is 0 Å². The number of aromatic nitrogens is 3. The number of carbonyl (C=O) groups is 2. The lowest BCUT2D eigenvalue weighted by Gasteiger charge is -2.21. The Bertz CT molecular complexity index is 922. The molecule has 27 heavy (non-hydrogen) atoms. The van der Waals surface area contributed by atoms with E-state index in [1.807, 2.05) is 12.1 Å². The molecule has 1 aromatic heterocycles. The van der Waals surface area contributed by atoms with Crippen molar-refractivity contribution in [1.29, 1.82) is 0 Å². The van der Waals surface area contributed by atoms with Crippen molar-refractivity contribution < 1.29 is 18.0 Å². The molecule has 0 unspecified atom stereocenters. The quantitative estimate of drug-likeness (QED) is 0.604. The minimum Gasteiger partial charge on any atom is -0.349 e. The van der Waals surface area contributed by atoms with Crippen LogP contribution in [0.1, 0.15) is 0 Å². The fourth-order valence-electron chi connectivity index (χ4n) is 3.03. The number of benzene rings is 1. The summed E-state index contributed by atoms with van der Waals surface area (Å²) in [6.07, 6.45) is 0. The Morgan fingerprint density at radius 2 is 1.59 bits per heavy atom. The van der Waals surface area contributed by atoms with Gasteiger partial charge < -0.3 is 15.5 Å². The first-order valence-electron chi connectivity index (χ1n) is 8.45. The summed E-state index contributed by atoms with van der Waals surface area (Å²) < 4.78 is 23.9. The third-order valence-corrected chi connectivity index (χ3v) is 5.85. The van der Waals surface area contributed by atoms with Gasteiger partial charge in [-0.15, -0.1) is 0 Å². The van der Waals surface area contributed by atoms with E-state index in [0.717, 1.165) is 0 Å². The van der Waals surface area contributed by atoms with Crippen molar-refractivity contribution in [1.82, 2.24) is 30.5 Å². The summed E-state index contributed by atoms with van der Waals surface area (Å²) in [5.74, 6) is -1.10. The van der Waals surface area contributed by atoms with Gasteiger partial charge in [0.1, 0.15) is 17.6 Å². The van der Waals surface area contributed by atoms with Crippen LogP contribution in [-0.4, -0.2) is 84.4 Å². The Hall–Kier alpha value is -2.53. The predicted octanol–water partition coefficient (Wildman–Crippen LogP) is -1.61. The first-order valence-corrected chi connectivity index (χ1v) is 10.3. The van der Waals surface area contributed by atoms with Gasteiger partial charge in [-0.05, 0) is 26.2 Å². The highest BCUT2D eigenvalue weighted by Gasteiger charge is 2.39. The lowest BCUT2D eigenvalue weighted by Crippen LogP contribution is -2.52. The number of likely N-dealkylation sites (N-methyl/N-ethyl adjacent to an activating group) is 1. The minimum atomic E-state index is -3.34. The zero-order chi connectivity index (χ0) is 19.6. The molecule has 2 heterocycles. The summed E-state index contributed by atoms with van der Waals surface area (Å²) in [6.45, 7) is 0.00457. The van der Waals surface area contributed by atoms with Crippen LogP contribution in [0.5, 0.6) is 0 Å². The van der Waals surface area contributed by atoms with Crippen LogP contribution in [-0.2, 0) is 26.0 Å². The normalized spacial score (nSPS) is 21.4. The van der Waals surface area contributed by atoms with E-state index in [-0.39, 0.29) is 30.5 Å². The van der Waals surface area contributed by atoms with Crippen molar-refractivity contribution in [3.8, 4) is 0 Å². The lowest BCUT2D eigenvalue weighted by atomic mass is 10.1. The number of carbonyl (C=O) groups excluding carboxylic acids is 2. The molecule has 2 aromatic rings. The van der Waals surface area contributed by atoms with Gasteiger partial charge in [0, 0.05) is 0 Å². The molecule has 0 saturated carbocycles. The lowest BCUT2D eigenvalue weighted by molar-refractivity contribution is -0.125. The molecule has 1 fully saturated rings. The third kappa shape index (κ3) is 5.01. The number of hydrogen-bond donors (Lipinski definition) is 2. The molecule has 0 spiro atoms. The molecule has 0 aliphatic carbocycles. The maximum atomic E-state index is 12.3. The standard InChI is InChI=1S/C16H22N6O4S/c1-21(2)7-15(23)17-13-9-27(25,26)10-14(13)18-16(24)8-22-19-11-5-3-4-6-12(11)20-22/h3-6,13-14H,7-10H2,1-2H3,(H,17,23)(H,18,24)/t13-,14+/m1/s1. The largest absolute Gasteiger partial charge is 0.349 e. The highest BCUT2D eigenvalue weighted by Crippen LogP contribution is 2.13. The van der Waals surface area contributed by atoms with E-state index < -0.39 is 27.8 Å². The molecule has 1 aliphatic heterocycles. The maximum Gasteiger partial charge on any atom is 0.243 e. The number of nitrogens with one attached hydrogen (secondary N) is 2. The van der Waals surface area contributed by atoms with Gasteiger partial charge in [0.25, 0.3) is 0 Å². The van der Waals surface area contributed by atoms with Crippen molar-refractivity contribution in [3.05, 3.63) is 24.3 Å². The molecular formula is C16H22N6O4S. The number of fused-ring (bicyclic) bond motifs is 1. The first-order chi connectivity index (χ1) is 12.7. The third-order valence-electron chi connectivity index (χ3n) is 4.12. The second-order valence-corrected chi connectivity index (χ2v) is 9.04. The molecule has 146 valence electrons. The Labute approximate surface area is 156 Å². The highest BCUT2D eigenvalue weighted by molar-refractivity contribution is 7.91. The fraction of sp³-hybridized carbons (Fsp3) is 0.500. The summed E-state index contributed by atoms with van der Waals surface area (Å²) in [5, 5.41) is 13.8. The summed E-state index contributed by atoms with van der Waals surface area (Å²) >= 11 is 0. The van der Waals surface area contributed by atoms with Crippen LogP contribution >= 0.6 is 0 Å². The predicted molar refractivity (Wildman–Crippen MR) is 98.6 cm³/mol. The number of amides is 2. The number of nitrogens with zero attached hydrogens (tertiary/aromatic N) is 4. The second-order valence-electron chi connectivity index (χ2n) is 6.88. The molecule has 0 bridgehead atoms. The van der Waals surface area contributed by atoms with E-state index in [4.69, 9.17) is 0 Å². The molecular weight excluding hydrogens is 372 g/mol. The monoisotopic (exact) mass is 394 g/mol. The minimum absolute atomic E-state index is 0.135. The molecule has 1 aliphatic rings. The first kappa shape index (κ1) is 19.2. The number of sulfone groups is 1. The average molecular weight is 394 g/mol. The molecule has 1 saturated heterocycles. The average Bonchev–Trinajstić information content (AvgIpc) is 3.05. The van der Waals surface area contributed by atoms with Gasteiger partial charge in [0.15, 0.2) is 9.84 Å². The van der Waals surface area contributed by atoms with Crippen molar-refractivity contribution in [2.24, 2.45) is 0 Å². The second kappa shape index (κ2) is 7.61. The van der Waals surface area contributed by atoms with Crippen LogP contribution in [0.15, 0.2) is 24.3 Å². The van der Waals surface area contributed by atoms with Crippen LogP contribution in [0.2, 0.25) is 0 Å². The van der Waals surface area contributed by atoms with Crippen LogP contribution in [0.25, 0.3) is 11.0 Å². The van der Waals surface area contributed by atoms with Gasteiger partial charge in [-0.1, -0.05) is 12.1 Å². The summed E-state index contributed by atoms with van der Waals surface area (Å²) in [4.78, 5) is 27.2. The maximum absolute atomic E-state index is 12.3. The van der Waals surface area contributed by atoms with Crippen LogP contribution in [0.3, 0.4) is 0 Å². The number of hydrogen-bond acceptors (Lipinski definition) is 7. The Morgan fingerprint density at radius 1 is 1.07 bits per heavy atom. The zero-order valence-corrected chi connectivity index (χ0v) is 15.9. The van der Waals surface area contributed by atoms with Crippen molar-refractivity contribution in [3.63, 3.8) is 0 Å². The van der Waals surface area contributed by atoms with E-state index >= 15 is 0 Å². The smallest absolute Gasteiger partial charge is 0.243 e. The van der Waals surface area contributed by atoms with E-state index in [1.54, 1.807) is 31.1 Å². The van der Waals surface area contributed by atoms with Crippen LogP contribution < -0.4 is 10.6 Å². The van der Waals surface area contributed by atoms with Gasteiger partial charge in [0.2, 0.25) is 11.8 Å². The van der Waals surface area contributed by atoms with E-state index in [1.165, 1.54) is 4.80 Å². The molecule has 11 heteroatoms.